The summed E-state index contributed by atoms with van der Waals surface area (Å²) in [5.41, 5.74) is 0. The van der Waals surface area contributed by atoms with E-state index in [1.54, 1.807) is 18.5 Å². The maximum Gasteiger partial charge on any atom is 0.264 e. The summed E-state index contributed by atoms with van der Waals surface area (Å²) < 4.78 is 0. The Bertz CT molecular complexity index is 376. The van der Waals surface area contributed by atoms with Gasteiger partial charge in [0.1, 0.15) is 0 Å². The Morgan fingerprint density at radius 3 is 2.73 bits per heavy atom. The van der Waals surface area contributed by atoms with Gasteiger partial charge in [0.25, 0.3) is 5.91 Å². The number of amides is 2. The second kappa shape index (κ2) is 5.18. The molecular formula is C9H12N2O2S2. The lowest BCUT2D eigenvalue weighted by Crippen LogP contribution is -2.36. The van der Waals surface area contributed by atoms with Gasteiger partial charge in [-0.3, -0.25) is 9.59 Å². The highest BCUT2D eigenvalue weighted by Crippen LogP contribution is 2.18. The average Bonchev–Trinajstić information content (AvgIpc) is 2.63. The molecule has 0 aliphatic heterocycles. The van der Waals surface area contributed by atoms with Crippen molar-refractivity contribution in [1.29, 1.82) is 0 Å². The molecule has 6 heteroatoms. The van der Waals surface area contributed by atoms with Crippen LogP contribution in [-0.4, -0.2) is 37.4 Å². The number of thiophene rings is 1. The topological polar surface area (TPSA) is 49.4 Å². The van der Waals surface area contributed by atoms with E-state index in [4.69, 9.17) is 0 Å². The molecule has 0 saturated carbocycles. The molecule has 1 aromatic rings. The Labute approximate surface area is 97.7 Å². The molecule has 1 heterocycles. The Morgan fingerprint density at radius 2 is 2.27 bits per heavy atom. The van der Waals surface area contributed by atoms with Crippen LogP contribution in [0.15, 0.2) is 16.3 Å². The van der Waals surface area contributed by atoms with Crippen molar-refractivity contribution in [3.8, 4) is 0 Å². The quantitative estimate of drug-likeness (QED) is 0.775. The number of rotatable bonds is 3. The number of nitrogens with one attached hydrogen (secondary N) is 1. The van der Waals surface area contributed by atoms with Gasteiger partial charge in [0.15, 0.2) is 0 Å². The van der Waals surface area contributed by atoms with Crippen molar-refractivity contribution in [2.24, 2.45) is 0 Å². The lowest BCUT2D eigenvalue weighted by Gasteiger charge is -2.14. The van der Waals surface area contributed by atoms with E-state index < -0.39 is 0 Å². The number of hydrogen-bond acceptors (Lipinski definition) is 4. The largest absolute Gasteiger partial charge is 0.358 e. The van der Waals surface area contributed by atoms with Crippen LogP contribution in [0.2, 0.25) is 0 Å². The zero-order chi connectivity index (χ0) is 11.4. The summed E-state index contributed by atoms with van der Waals surface area (Å²) in [7, 11) is 3.13. The molecule has 2 amide bonds. The minimum absolute atomic E-state index is 0.0646. The molecule has 0 spiro atoms. The van der Waals surface area contributed by atoms with Gasteiger partial charge in [-0.05, 0) is 6.07 Å². The van der Waals surface area contributed by atoms with Crippen LogP contribution in [0.5, 0.6) is 0 Å². The highest BCUT2D eigenvalue weighted by molar-refractivity contribution is 7.80. The molecule has 0 aliphatic carbocycles. The van der Waals surface area contributed by atoms with E-state index in [9.17, 15) is 9.59 Å². The summed E-state index contributed by atoms with van der Waals surface area (Å²) in [6, 6.07) is 1.69. The highest BCUT2D eigenvalue weighted by atomic mass is 32.1. The van der Waals surface area contributed by atoms with Crippen molar-refractivity contribution < 1.29 is 9.59 Å². The highest BCUT2D eigenvalue weighted by Gasteiger charge is 2.15. The van der Waals surface area contributed by atoms with E-state index in [1.807, 2.05) is 0 Å². The van der Waals surface area contributed by atoms with Crippen molar-refractivity contribution in [1.82, 2.24) is 10.2 Å². The Morgan fingerprint density at radius 1 is 1.60 bits per heavy atom. The van der Waals surface area contributed by atoms with Gasteiger partial charge >= 0.3 is 0 Å². The van der Waals surface area contributed by atoms with Crippen LogP contribution >= 0.6 is 24.0 Å². The van der Waals surface area contributed by atoms with Gasteiger partial charge in [0.05, 0.1) is 11.4 Å². The van der Waals surface area contributed by atoms with E-state index in [1.165, 1.54) is 23.3 Å². The van der Waals surface area contributed by atoms with Crippen molar-refractivity contribution >= 4 is 35.8 Å². The first-order valence-electron chi connectivity index (χ1n) is 4.28. The molecule has 82 valence electrons. The SMILES string of the molecule is CNC(=O)CN(C)C(=O)c1cc(S)cs1. The van der Waals surface area contributed by atoms with E-state index >= 15 is 0 Å². The minimum Gasteiger partial charge on any atom is -0.358 e. The van der Waals surface area contributed by atoms with Crippen molar-refractivity contribution in [2.75, 3.05) is 20.6 Å². The summed E-state index contributed by atoms with van der Waals surface area (Å²) in [5.74, 6) is -0.350. The van der Waals surface area contributed by atoms with Gasteiger partial charge in [-0.2, -0.15) is 0 Å². The Kier molecular flexibility index (Phi) is 4.16. The molecule has 4 nitrogen and oxygen atoms in total. The second-order valence-electron chi connectivity index (χ2n) is 3.00. The maximum absolute atomic E-state index is 11.7. The third-order valence-electron chi connectivity index (χ3n) is 1.80. The molecule has 1 N–H and O–H groups in total. The first kappa shape index (κ1) is 12.1. The number of nitrogens with zero attached hydrogens (tertiary/aromatic N) is 1. The fraction of sp³-hybridized carbons (Fsp3) is 0.333. The standard InChI is InChI=1S/C9H12N2O2S2/c1-10-8(12)4-11(2)9(13)7-3-6(14)5-15-7/h3,5,14H,4H2,1-2H3,(H,10,12). The van der Waals surface area contributed by atoms with E-state index in [0.29, 0.717) is 4.88 Å². The van der Waals surface area contributed by atoms with Gasteiger partial charge in [0, 0.05) is 24.4 Å². The molecule has 0 unspecified atom stereocenters. The maximum atomic E-state index is 11.7. The fourth-order valence-electron chi connectivity index (χ4n) is 0.993. The Hall–Kier alpha value is -1.01. The molecule has 0 radical (unpaired) electrons. The third kappa shape index (κ3) is 3.24. The van der Waals surface area contributed by atoms with Crippen LogP contribution in [0.1, 0.15) is 9.67 Å². The number of likely N-dealkylation sites (N-methyl/N-ethyl adjacent to an activating group) is 2. The van der Waals surface area contributed by atoms with E-state index in [0.717, 1.165) is 4.90 Å². The van der Waals surface area contributed by atoms with Gasteiger partial charge in [0.2, 0.25) is 5.91 Å². The summed E-state index contributed by atoms with van der Waals surface area (Å²) in [6.07, 6.45) is 0. The second-order valence-corrected chi connectivity index (χ2v) is 4.43. The lowest BCUT2D eigenvalue weighted by atomic mass is 10.4. The first-order valence-corrected chi connectivity index (χ1v) is 5.61. The third-order valence-corrected chi connectivity index (χ3v) is 3.15. The van der Waals surface area contributed by atoms with Crippen LogP contribution in [0.25, 0.3) is 0 Å². The van der Waals surface area contributed by atoms with Crippen molar-refractivity contribution in [3.63, 3.8) is 0 Å². The van der Waals surface area contributed by atoms with Crippen molar-refractivity contribution in [2.45, 2.75) is 4.90 Å². The van der Waals surface area contributed by atoms with Crippen LogP contribution in [-0.2, 0) is 4.79 Å². The predicted octanol–water partition coefficient (Wildman–Crippen LogP) is 0.855. The average molecular weight is 244 g/mol. The zero-order valence-corrected chi connectivity index (χ0v) is 10.2. The summed E-state index contributed by atoms with van der Waals surface area (Å²) in [5, 5.41) is 4.24. The van der Waals surface area contributed by atoms with Crippen LogP contribution in [0, 0.1) is 0 Å². The summed E-state index contributed by atoms with van der Waals surface area (Å²) in [6.45, 7) is 0.0646. The van der Waals surface area contributed by atoms with Gasteiger partial charge in [-0.1, -0.05) is 0 Å². The molecule has 0 atom stereocenters. The Balaban J connectivity index is 2.64. The summed E-state index contributed by atoms with van der Waals surface area (Å²) in [4.78, 5) is 25.5. The van der Waals surface area contributed by atoms with Crippen molar-refractivity contribution in [3.05, 3.63) is 16.3 Å². The zero-order valence-electron chi connectivity index (χ0n) is 8.48. The van der Waals surface area contributed by atoms with Gasteiger partial charge in [-0.25, -0.2) is 0 Å². The number of hydrogen-bond donors (Lipinski definition) is 2. The number of thiol groups is 1. The monoisotopic (exact) mass is 244 g/mol. The molecule has 0 saturated heterocycles. The minimum atomic E-state index is -0.187. The van der Waals surface area contributed by atoms with Crippen LogP contribution in [0.3, 0.4) is 0 Å². The normalized spacial score (nSPS) is 9.80. The van der Waals surface area contributed by atoms with E-state index in [-0.39, 0.29) is 18.4 Å². The fourth-order valence-corrected chi connectivity index (χ4v) is 2.13. The molecule has 0 aliphatic rings. The molecule has 0 aromatic carbocycles. The number of carbonyl (C=O) groups excluding carboxylic acids is 2. The lowest BCUT2D eigenvalue weighted by molar-refractivity contribution is -0.121. The van der Waals surface area contributed by atoms with E-state index in [2.05, 4.69) is 17.9 Å². The first-order chi connectivity index (χ1) is 7.04. The molecule has 15 heavy (non-hydrogen) atoms. The molecule has 0 fully saturated rings. The molecule has 1 rings (SSSR count). The molecule has 1 aromatic heterocycles. The van der Waals surface area contributed by atoms with Crippen LogP contribution in [0.4, 0.5) is 0 Å². The molecular weight excluding hydrogens is 232 g/mol. The predicted molar refractivity (Wildman–Crippen MR) is 62.6 cm³/mol. The number of carbonyl (C=O) groups is 2. The molecule has 0 bridgehead atoms. The summed E-state index contributed by atoms with van der Waals surface area (Å²) >= 11 is 5.44. The smallest absolute Gasteiger partial charge is 0.264 e. The van der Waals surface area contributed by atoms with Gasteiger partial charge in [-0.15, -0.1) is 24.0 Å². The van der Waals surface area contributed by atoms with Gasteiger partial charge < -0.3 is 10.2 Å². The van der Waals surface area contributed by atoms with Crippen LogP contribution < -0.4 is 5.32 Å².